The molecule has 3 N–H and O–H groups in total. The van der Waals surface area contributed by atoms with Gasteiger partial charge in [-0.05, 0) is 56.2 Å². The first-order valence-corrected chi connectivity index (χ1v) is 10.4. The van der Waals surface area contributed by atoms with E-state index >= 15 is 0 Å². The quantitative estimate of drug-likeness (QED) is 0.246. The smallest absolute Gasteiger partial charge is 0.256 e. The first kappa shape index (κ1) is 23.1. The first-order valence-electron chi connectivity index (χ1n) is 10.4. The number of rotatable bonds is 8. The van der Waals surface area contributed by atoms with Gasteiger partial charge in [0.1, 0.15) is 5.82 Å². The third-order valence-electron chi connectivity index (χ3n) is 5.62. The molecule has 32 heavy (non-hydrogen) atoms. The van der Waals surface area contributed by atoms with Crippen molar-refractivity contribution in [1.29, 1.82) is 0 Å². The summed E-state index contributed by atoms with van der Waals surface area (Å²) in [6.45, 7) is 10.9. The van der Waals surface area contributed by atoms with E-state index in [1.807, 2.05) is 0 Å². The minimum Gasteiger partial charge on any atom is -0.358 e. The van der Waals surface area contributed by atoms with Crippen molar-refractivity contribution in [2.24, 2.45) is 5.11 Å². The molecular formula is C22H26FN7O2. The molecule has 1 aliphatic rings. The van der Waals surface area contributed by atoms with Crippen LogP contribution in [0.3, 0.4) is 0 Å². The Morgan fingerprint density at radius 1 is 1.31 bits per heavy atom. The number of likely N-dealkylation sites (N-methyl/N-ethyl adjacent to an activating group) is 1. The molecule has 2 heterocycles. The van der Waals surface area contributed by atoms with E-state index in [1.165, 1.54) is 6.07 Å². The highest BCUT2D eigenvalue weighted by atomic mass is 19.1. The normalized spacial score (nSPS) is 13.8. The molecule has 0 saturated heterocycles. The van der Waals surface area contributed by atoms with E-state index < -0.39 is 11.7 Å². The van der Waals surface area contributed by atoms with Crippen molar-refractivity contribution in [3.05, 3.63) is 56.5 Å². The van der Waals surface area contributed by atoms with Gasteiger partial charge in [0, 0.05) is 40.6 Å². The van der Waals surface area contributed by atoms with Crippen molar-refractivity contribution in [2.75, 3.05) is 31.5 Å². The molecule has 3 rings (SSSR count). The van der Waals surface area contributed by atoms with Gasteiger partial charge in [0.05, 0.1) is 16.8 Å². The van der Waals surface area contributed by atoms with Gasteiger partial charge in [-0.1, -0.05) is 19.0 Å². The molecule has 0 aliphatic carbocycles. The summed E-state index contributed by atoms with van der Waals surface area (Å²) in [6.07, 6.45) is 1.60. The lowest BCUT2D eigenvalue weighted by Gasteiger charge is -2.18. The number of aromatic amines is 1. The lowest BCUT2D eigenvalue weighted by atomic mass is 10.0. The number of amides is 2. The Balaban J connectivity index is 1.88. The molecule has 0 bridgehead atoms. The number of halogens is 1. The second-order valence-corrected chi connectivity index (χ2v) is 7.50. The zero-order valence-electron chi connectivity index (χ0n) is 18.5. The van der Waals surface area contributed by atoms with Crippen molar-refractivity contribution in [1.82, 2.24) is 15.2 Å². The SMILES string of the molecule is CCN(CC)CCNC(=O)c1c(C)[nH]c(/C=C2\C(=O)Nc3cc(N=[N+]=[N-])c(F)cc32)c1C. The predicted octanol–water partition coefficient (Wildman–Crippen LogP) is 4.28. The van der Waals surface area contributed by atoms with E-state index in [0.29, 0.717) is 40.3 Å². The van der Waals surface area contributed by atoms with Gasteiger partial charge in [0.25, 0.3) is 11.8 Å². The van der Waals surface area contributed by atoms with Crippen molar-refractivity contribution in [3.63, 3.8) is 0 Å². The topological polar surface area (TPSA) is 126 Å². The summed E-state index contributed by atoms with van der Waals surface area (Å²) in [6, 6.07) is 2.46. The molecule has 168 valence electrons. The number of azide groups is 1. The minimum absolute atomic E-state index is 0.186. The van der Waals surface area contributed by atoms with Gasteiger partial charge in [-0.25, -0.2) is 4.39 Å². The molecule has 2 amide bonds. The van der Waals surface area contributed by atoms with Gasteiger partial charge in [0.15, 0.2) is 0 Å². The number of hydrogen-bond acceptors (Lipinski definition) is 4. The van der Waals surface area contributed by atoms with Crippen molar-refractivity contribution in [2.45, 2.75) is 27.7 Å². The van der Waals surface area contributed by atoms with Gasteiger partial charge in [0.2, 0.25) is 0 Å². The summed E-state index contributed by atoms with van der Waals surface area (Å²) < 4.78 is 14.3. The number of nitrogens with one attached hydrogen (secondary N) is 3. The lowest BCUT2D eigenvalue weighted by molar-refractivity contribution is -0.110. The van der Waals surface area contributed by atoms with Crippen LogP contribution in [0.1, 0.15) is 46.7 Å². The maximum absolute atomic E-state index is 14.3. The van der Waals surface area contributed by atoms with Crippen LogP contribution in [0.25, 0.3) is 22.1 Å². The number of aromatic nitrogens is 1. The Hall–Kier alpha value is -3.62. The van der Waals surface area contributed by atoms with E-state index in [2.05, 4.69) is 44.4 Å². The molecule has 10 heteroatoms. The summed E-state index contributed by atoms with van der Waals surface area (Å²) in [5.74, 6) is -1.32. The molecule has 0 saturated carbocycles. The largest absolute Gasteiger partial charge is 0.358 e. The first-order chi connectivity index (χ1) is 15.3. The fourth-order valence-electron chi connectivity index (χ4n) is 3.83. The van der Waals surface area contributed by atoms with Crippen LogP contribution in [-0.2, 0) is 4.79 Å². The molecule has 0 atom stereocenters. The van der Waals surface area contributed by atoms with E-state index in [1.54, 1.807) is 19.9 Å². The summed E-state index contributed by atoms with van der Waals surface area (Å²) in [5, 5.41) is 8.89. The van der Waals surface area contributed by atoms with Crippen LogP contribution < -0.4 is 10.6 Å². The molecule has 0 radical (unpaired) electrons. The molecule has 1 aromatic heterocycles. The lowest BCUT2D eigenvalue weighted by Crippen LogP contribution is -2.35. The van der Waals surface area contributed by atoms with Gasteiger partial charge in [-0.2, -0.15) is 0 Å². The highest BCUT2D eigenvalue weighted by Crippen LogP contribution is 2.38. The average Bonchev–Trinajstić information content (AvgIpc) is 3.21. The molecule has 2 aromatic rings. The zero-order valence-corrected chi connectivity index (χ0v) is 18.5. The van der Waals surface area contributed by atoms with Crippen molar-refractivity contribution < 1.29 is 14.0 Å². The number of hydrogen-bond donors (Lipinski definition) is 3. The Bertz CT molecular complexity index is 1140. The second kappa shape index (κ2) is 9.67. The highest BCUT2D eigenvalue weighted by molar-refractivity contribution is 6.35. The summed E-state index contributed by atoms with van der Waals surface area (Å²) in [4.78, 5) is 33.2. The van der Waals surface area contributed by atoms with Gasteiger partial charge in [-0.15, -0.1) is 0 Å². The van der Waals surface area contributed by atoms with Crippen LogP contribution >= 0.6 is 0 Å². The maximum Gasteiger partial charge on any atom is 0.256 e. The van der Waals surface area contributed by atoms with E-state index in [0.717, 1.165) is 25.7 Å². The van der Waals surface area contributed by atoms with Crippen LogP contribution in [0.4, 0.5) is 15.8 Å². The molecular weight excluding hydrogens is 413 g/mol. The molecule has 9 nitrogen and oxygen atoms in total. The molecule has 0 fully saturated rings. The van der Waals surface area contributed by atoms with Gasteiger partial charge < -0.3 is 20.5 Å². The third kappa shape index (κ3) is 4.51. The maximum atomic E-state index is 14.3. The fraction of sp³-hybridized carbons (Fsp3) is 0.364. The summed E-state index contributed by atoms with van der Waals surface area (Å²) in [5.41, 5.74) is 11.8. The minimum atomic E-state index is -0.725. The second-order valence-electron chi connectivity index (χ2n) is 7.50. The monoisotopic (exact) mass is 439 g/mol. The summed E-state index contributed by atoms with van der Waals surface area (Å²) in [7, 11) is 0. The number of aryl methyl sites for hydroxylation is 1. The Morgan fingerprint density at radius 2 is 2.03 bits per heavy atom. The number of carbonyl (C=O) groups is 2. The van der Waals surface area contributed by atoms with Crippen LogP contribution in [0, 0.1) is 19.7 Å². The van der Waals surface area contributed by atoms with Crippen LogP contribution in [0.5, 0.6) is 0 Å². The number of benzene rings is 1. The van der Waals surface area contributed by atoms with Gasteiger partial charge >= 0.3 is 0 Å². The summed E-state index contributed by atoms with van der Waals surface area (Å²) >= 11 is 0. The molecule has 1 aliphatic heterocycles. The Labute approximate surface area is 185 Å². The highest BCUT2D eigenvalue weighted by Gasteiger charge is 2.27. The van der Waals surface area contributed by atoms with E-state index in [-0.39, 0.29) is 17.2 Å². The number of H-pyrrole nitrogens is 1. The van der Waals surface area contributed by atoms with Gasteiger partial charge in [-0.3, -0.25) is 9.59 Å². The number of fused-ring (bicyclic) bond motifs is 1. The Kier molecular flexibility index (Phi) is 6.97. The Morgan fingerprint density at radius 3 is 2.69 bits per heavy atom. The third-order valence-corrected chi connectivity index (χ3v) is 5.62. The molecule has 1 aromatic carbocycles. The zero-order chi connectivity index (χ0) is 23.4. The van der Waals surface area contributed by atoms with Crippen molar-refractivity contribution >= 4 is 34.8 Å². The van der Waals surface area contributed by atoms with Crippen LogP contribution in [-0.4, -0.2) is 47.9 Å². The van der Waals surface area contributed by atoms with E-state index in [9.17, 15) is 14.0 Å². The van der Waals surface area contributed by atoms with Crippen molar-refractivity contribution in [3.8, 4) is 0 Å². The standard InChI is InChI=1S/C22H26FN7O2/c1-5-30(6-2)8-7-25-22(32)20-12(3)17(26-13(20)4)10-15-14-9-16(23)19(28-29-24)11-18(14)27-21(15)31/h9-11,26H,5-8H2,1-4H3,(H,25,32)(H,27,31)/b15-10-. The number of anilines is 1. The van der Waals surface area contributed by atoms with Crippen LogP contribution in [0.2, 0.25) is 0 Å². The molecule has 0 unspecified atom stereocenters. The van der Waals surface area contributed by atoms with Crippen LogP contribution in [0.15, 0.2) is 17.2 Å². The number of nitrogens with zero attached hydrogens (tertiary/aromatic N) is 4. The fourth-order valence-corrected chi connectivity index (χ4v) is 3.83. The average molecular weight is 439 g/mol. The number of carbonyl (C=O) groups excluding carboxylic acids is 2. The predicted molar refractivity (Wildman–Crippen MR) is 122 cm³/mol. The van der Waals surface area contributed by atoms with E-state index in [4.69, 9.17) is 5.53 Å². The molecule has 0 spiro atoms.